The summed E-state index contributed by atoms with van der Waals surface area (Å²) in [7, 11) is 1.81. The third-order valence-electron chi connectivity index (χ3n) is 5.90. The van der Waals surface area contributed by atoms with Crippen LogP contribution >= 0.6 is 12.4 Å². The number of halogens is 2. The number of benzene rings is 2. The Balaban J connectivity index is 0.00000210. The van der Waals surface area contributed by atoms with E-state index in [0.717, 1.165) is 24.0 Å². The molecule has 2 saturated heterocycles. The van der Waals surface area contributed by atoms with Crippen LogP contribution in [0.5, 0.6) is 0 Å². The average Bonchev–Trinajstić information content (AvgIpc) is 2.99. The topological polar surface area (TPSA) is 32.3 Å². The maximum absolute atomic E-state index is 14.7. The highest BCUT2D eigenvalue weighted by molar-refractivity contribution is 5.95. The first-order valence-electron chi connectivity index (χ1n) is 9.41. The molecule has 2 aliphatic rings. The molecule has 2 atom stereocenters. The Kier molecular flexibility index (Phi) is 5.87. The summed E-state index contributed by atoms with van der Waals surface area (Å²) in [5.41, 5.74) is 3.08. The second kappa shape index (κ2) is 7.99. The monoisotopic (exact) mass is 388 g/mol. The van der Waals surface area contributed by atoms with E-state index in [1.54, 1.807) is 11.0 Å². The van der Waals surface area contributed by atoms with Gasteiger partial charge in [0.25, 0.3) is 5.91 Å². The van der Waals surface area contributed by atoms with Crippen molar-refractivity contribution in [1.29, 1.82) is 0 Å². The Hall–Kier alpha value is -1.91. The summed E-state index contributed by atoms with van der Waals surface area (Å²) in [6, 6.07) is 14.1. The van der Waals surface area contributed by atoms with Crippen LogP contribution in [-0.4, -0.2) is 36.0 Å². The molecular weight excluding hydrogens is 363 g/mol. The predicted molar refractivity (Wildman–Crippen MR) is 109 cm³/mol. The SMILES string of the molecule is Cc1ccc(-c2ccc(C(=O)N(C)C3CC4CCC(C3)N4)c(F)c2)cc1.Cl. The van der Waals surface area contributed by atoms with Crippen molar-refractivity contribution < 1.29 is 9.18 Å². The number of fused-ring (bicyclic) bond motifs is 2. The van der Waals surface area contributed by atoms with Crippen molar-refractivity contribution in [2.24, 2.45) is 0 Å². The van der Waals surface area contributed by atoms with Crippen LogP contribution in [0.1, 0.15) is 41.6 Å². The molecule has 2 aromatic rings. The number of carbonyl (C=O) groups is 1. The fourth-order valence-electron chi connectivity index (χ4n) is 4.31. The minimum atomic E-state index is -0.447. The zero-order valence-electron chi connectivity index (χ0n) is 15.7. The van der Waals surface area contributed by atoms with E-state index in [4.69, 9.17) is 0 Å². The first kappa shape index (κ1) is 19.8. The minimum Gasteiger partial charge on any atom is -0.339 e. The molecule has 2 fully saturated rings. The highest BCUT2D eigenvalue weighted by atomic mass is 35.5. The second-order valence-electron chi connectivity index (χ2n) is 7.74. The fraction of sp³-hybridized carbons (Fsp3) is 0.409. The van der Waals surface area contributed by atoms with Crippen LogP contribution in [0.2, 0.25) is 0 Å². The van der Waals surface area contributed by atoms with Gasteiger partial charge >= 0.3 is 0 Å². The van der Waals surface area contributed by atoms with Gasteiger partial charge in [-0.15, -0.1) is 12.4 Å². The molecule has 2 unspecified atom stereocenters. The fourth-order valence-corrected chi connectivity index (χ4v) is 4.31. The van der Waals surface area contributed by atoms with E-state index in [1.165, 1.54) is 24.5 Å². The number of nitrogens with zero attached hydrogens (tertiary/aromatic N) is 1. The number of nitrogens with one attached hydrogen (secondary N) is 1. The average molecular weight is 389 g/mol. The van der Waals surface area contributed by atoms with Crippen LogP contribution in [0.3, 0.4) is 0 Å². The lowest BCUT2D eigenvalue weighted by atomic mass is 9.97. The first-order valence-corrected chi connectivity index (χ1v) is 9.41. The van der Waals surface area contributed by atoms with Crippen molar-refractivity contribution in [3.8, 4) is 11.1 Å². The summed E-state index contributed by atoms with van der Waals surface area (Å²) in [5, 5.41) is 3.58. The molecule has 3 nitrogen and oxygen atoms in total. The Bertz CT molecular complexity index is 812. The van der Waals surface area contributed by atoms with Gasteiger partial charge in [-0.05, 0) is 55.9 Å². The number of aryl methyl sites for hydroxylation is 1. The third-order valence-corrected chi connectivity index (χ3v) is 5.90. The van der Waals surface area contributed by atoms with Crippen LogP contribution < -0.4 is 5.32 Å². The lowest BCUT2D eigenvalue weighted by Crippen LogP contribution is -2.48. The normalized spacial score (nSPS) is 23.6. The number of piperidine rings is 1. The number of amides is 1. The largest absolute Gasteiger partial charge is 0.339 e. The van der Waals surface area contributed by atoms with E-state index < -0.39 is 5.82 Å². The first-order chi connectivity index (χ1) is 12.5. The van der Waals surface area contributed by atoms with Gasteiger partial charge in [0.15, 0.2) is 0 Å². The van der Waals surface area contributed by atoms with Gasteiger partial charge in [0, 0.05) is 25.2 Å². The van der Waals surface area contributed by atoms with Gasteiger partial charge in [-0.25, -0.2) is 4.39 Å². The summed E-state index contributed by atoms with van der Waals surface area (Å²) in [6.07, 6.45) is 4.29. The highest BCUT2D eigenvalue weighted by Gasteiger charge is 2.36. The number of hydrogen-bond acceptors (Lipinski definition) is 2. The molecule has 4 rings (SSSR count). The minimum absolute atomic E-state index is 0. The Morgan fingerprint density at radius 2 is 1.63 bits per heavy atom. The molecule has 2 bridgehead atoms. The van der Waals surface area contributed by atoms with E-state index >= 15 is 0 Å². The molecule has 2 aromatic carbocycles. The van der Waals surface area contributed by atoms with Crippen LogP contribution in [-0.2, 0) is 0 Å². The Morgan fingerprint density at radius 1 is 1.04 bits per heavy atom. The molecule has 144 valence electrons. The van der Waals surface area contributed by atoms with Crippen molar-refractivity contribution in [2.75, 3.05) is 7.05 Å². The van der Waals surface area contributed by atoms with Crippen molar-refractivity contribution in [2.45, 2.75) is 50.7 Å². The third kappa shape index (κ3) is 4.02. The summed E-state index contributed by atoms with van der Waals surface area (Å²) in [6.45, 7) is 2.02. The van der Waals surface area contributed by atoms with Gasteiger partial charge in [0.1, 0.15) is 5.82 Å². The molecule has 0 aromatic heterocycles. The lowest BCUT2D eigenvalue weighted by molar-refractivity contribution is 0.0677. The summed E-state index contributed by atoms with van der Waals surface area (Å²) in [5.74, 6) is -0.666. The summed E-state index contributed by atoms with van der Waals surface area (Å²) >= 11 is 0. The van der Waals surface area contributed by atoms with E-state index in [1.807, 2.05) is 44.3 Å². The van der Waals surface area contributed by atoms with Gasteiger partial charge in [0.2, 0.25) is 0 Å². The molecule has 2 heterocycles. The standard InChI is InChI=1S/C22H25FN2O.ClH/c1-14-3-5-15(6-4-14)16-7-10-20(21(23)11-16)22(26)25(2)19-12-17-8-9-18(13-19)24-17;/h3-7,10-11,17-19,24H,8-9,12-13H2,1-2H3;1H. The van der Waals surface area contributed by atoms with Gasteiger partial charge < -0.3 is 10.2 Å². The van der Waals surface area contributed by atoms with Crippen molar-refractivity contribution in [1.82, 2.24) is 10.2 Å². The van der Waals surface area contributed by atoms with Crippen LogP contribution in [0, 0.1) is 12.7 Å². The molecule has 0 spiro atoms. The number of hydrogen-bond donors (Lipinski definition) is 1. The Labute approximate surface area is 166 Å². The molecular formula is C22H26ClFN2O. The quantitative estimate of drug-likeness (QED) is 0.834. The predicted octanol–water partition coefficient (Wildman–Crippen LogP) is 4.58. The molecule has 2 aliphatic heterocycles. The molecule has 0 aliphatic carbocycles. The highest BCUT2D eigenvalue weighted by Crippen LogP contribution is 2.30. The summed E-state index contributed by atoms with van der Waals surface area (Å²) in [4.78, 5) is 14.6. The maximum Gasteiger partial charge on any atom is 0.256 e. The van der Waals surface area contributed by atoms with Crippen LogP contribution in [0.25, 0.3) is 11.1 Å². The number of rotatable bonds is 3. The molecule has 0 radical (unpaired) electrons. The molecule has 27 heavy (non-hydrogen) atoms. The number of carbonyl (C=O) groups excluding carboxylic acids is 1. The lowest BCUT2D eigenvalue weighted by Gasteiger charge is -2.35. The van der Waals surface area contributed by atoms with Gasteiger partial charge in [-0.2, -0.15) is 0 Å². The molecule has 5 heteroatoms. The Morgan fingerprint density at radius 3 is 2.22 bits per heavy atom. The molecule has 1 amide bonds. The van der Waals surface area contributed by atoms with Gasteiger partial charge in [-0.1, -0.05) is 35.9 Å². The van der Waals surface area contributed by atoms with Crippen LogP contribution in [0.4, 0.5) is 4.39 Å². The van der Waals surface area contributed by atoms with Gasteiger partial charge in [0.05, 0.1) is 5.56 Å². The smallest absolute Gasteiger partial charge is 0.256 e. The zero-order chi connectivity index (χ0) is 18.3. The van der Waals surface area contributed by atoms with Gasteiger partial charge in [-0.3, -0.25) is 4.79 Å². The van der Waals surface area contributed by atoms with Crippen molar-refractivity contribution in [3.05, 3.63) is 59.4 Å². The summed E-state index contributed by atoms with van der Waals surface area (Å²) < 4.78 is 14.7. The van der Waals surface area contributed by atoms with Crippen molar-refractivity contribution in [3.63, 3.8) is 0 Å². The van der Waals surface area contributed by atoms with E-state index in [0.29, 0.717) is 12.1 Å². The molecule has 0 saturated carbocycles. The van der Waals surface area contributed by atoms with E-state index in [2.05, 4.69) is 5.32 Å². The zero-order valence-corrected chi connectivity index (χ0v) is 16.6. The second-order valence-corrected chi connectivity index (χ2v) is 7.74. The van der Waals surface area contributed by atoms with E-state index in [-0.39, 0.29) is 29.9 Å². The molecule has 1 N–H and O–H groups in total. The van der Waals surface area contributed by atoms with Crippen LogP contribution in [0.15, 0.2) is 42.5 Å². The van der Waals surface area contributed by atoms with E-state index in [9.17, 15) is 9.18 Å². The maximum atomic E-state index is 14.7. The van der Waals surface area contributed by atoms with Crippen molar-refractivity contribution >= 4 is 18.3 Å².